The first kappa shape index (κ1) is 21.7. The van der Waals surface area contributed by atoms with Crippen molar-refractivity contribution >= 4 is 33.4 Å². The number of nitro benzene ring substituents is 1. The average molecular weight is 429 g/mol. The molecule has 0 bridgehead atoms. The predicted octanol–water partition coefficient (Wildman–Crippen LogP) is 3.73. The lowest BCUT2D eigenvalue weighted by atomic mass is 10.2. The van der Waals surface area contributed by atoms with Gasteiger partial charge >= 0.3 is 0 Å². The van der Waals surface area contributed by atoms with Gasteiger partial charge in [0.1, 0.15) is 0 Å². The molecule has 1 aliphatic rings. The lowest BCUT2D eigenvalue weighted by Crippen LogP contribution is -2.35. The number of piperidine rings is 1. The van der Waals surface area contributed by atoms with Gasteiger partial charge in [0.25, 0.3) is 5.69 Å². The summed E-state index contributed by atoms with van der Waals surface area (Å²) in [6.07, 6.45) is 5.56. The Bertz CT molecular complexity index is 1070. The molecule has 0 atom stereocenters. The minimum atomic E-state index is -3.59. The van der Waals surface area contributed by atoms with Crippen molar-refractivity contribution < 1.29 is 18.1 Å². The van der Waals surface area contributed by atoms with Crippen LogP contribution in [-0.4, -0.2) is 36.6 Å². The molecule has 1 saturated heterocycles. The van der Waals surface area contributed by atoms with Gasteiger partial charge in [0.2, 0.25) is 15.9 Å². The quantitative estimate of drug-likeness (QED) is 0.427. The molecule has 2 aromatic rings. The molecule has 0 aromatic heterocycles. The van der Waals surface area contributed by atoms with Gasteiger partial charge in [-0.25, -0.2) is 8.42 Å². The molecule has 1 aliphatic heterocycles. The fraction of sp³-hybridized carbons (Fsp3) is 0.286. The summed E-state index contributed by atoms with van der Waals surface area (Å²) in [5.74, 6) is -0.427. The van der Waals surface area contributed by atoms with Gasteiger partial charge in [-0.05, 0) is 61.2 Å². The van der Waals surface area contributed by atoms with Crippen LogP contribution in [-0.2, 0) is 14.8 Å². The average Bonchev–Trinajstić information content (AvgIpc) is 2.74. The SMILES string of the molecule is Cc1ccc(S(=O)(=O)N2CCCCC2)cc1NC(=O)/C=C/c1ccc([N+](=O)[O-])cc1. The third kappa shape index (κ3) is 5.11. The molecule has 0 radical (unpaired) electrons. The van der Waals surface area contributed by atoms with E-state index in [-0.39, 0.29) is 10.6 Å². The molecule has 3 rings (SSSR count). The number of non-ortho nitro benzene ring substituents is 1. The number of carbonyl (C=O) groups excluding carboxylic acids is 1. The van der Waals surface area contributed by atoms with Crippen molar-refractivity contribution in [3.05, 3.63) is 69.8 Å². The lowest BCUT2D eigenvalue weighted by molar-refractivity contribution is -0.384. The van der Waals surface area contributed by atoms with Gasteiger partial charge in [-0.3, -0.25) is 14.9 Å². The van der Waals surface area contributed by atoms with Crippen LogP contribution in [0.4, 0.5) is 11.4 Å². The highest BCUT2D eigenvalue weighted by molar-refractivity contribution is 7.89. The van der Waals surface area contributed by atoms with E-state index in [0.717, 1.165) is 24.8 Å². The molecule has 0 spiro atoms. The number of benzene rings is 2. The molecule has 0 saturated carbocycles. The number of nitrogens with zero attached hydrogens (tertiary/aromatic N) is 2. The Morgan fingerprint density at radius 1 is 1.10 bits per heavy atom. The molecule has 1 N–H and O–H groups in total. The first-order valence-electron chi connectivity index (χ1n) is 9.62. The number of hydrogen-bond acceptors (Lipinski definition) is 5. The zero-order valence-electron chi connectivity index (χ0n) is 16.6. The van der Waals surface area contributed by atoms with Crippen molar-refractivity contribution in [2.75, 3.05) is 18.4 Å². The van der Waals surface area contributed by atoms with E-state index < -0.39 is 20.9 Å². The van der Waals surface area contributed by atoms with Gasteiger partial charge < -0.3 is 5.32 Å². The van der Waals surface area contributed by atoms with Gasteiger partial charge in [-0.1, -0.05) is 12.5 Å². The number of carbonyl (C=O) groups is 1. The number of sulfonamides is 1. The van der Waals surface area contributed by atoms with Crippen molar-refractivity contribution in [2.45, 2.75) is 31.1 Å². The molecule has 1 amide bonds. The Hall–Kier alpha value is -3.04. The summed E-state index contributed by atoms with van der Waals surface area (Å²) in [6, 6.07) is 10.5. The van der Waals surface area contributed by atoms with Crippen LogP contribution >= 0.6 is 0 Å². The summed E-state index contributed by atoms with van der Waals surface area (Å²) < 4.78 is 27.2. The number of anilines is 1. The molecule has 2 aromatic carbocycles. The summed E-state index contributed by atoms with van der Waals surface area (Å²) in [5.41, 5.74) is 1.77. The monoisotopic (exact) mass is 429 g/mol. The molecular weight excluding hydrogens is 406 g/mol. The number of hydrogen-bond donors (Lipinski definition) is 1. The first-order chi connectivity index (χ1) is 14.3. The smallest absolute Gasteiger partial charge is 0.269 e. The van der Waals surface area contributed by atoms with Gasteiger partial charge in [0, 0.05) is 37.0 Å². The second-order valence-corrected chi connectivity index (χ2v) is 9.05. The largest absolute Gasteiger partial charge is 0.322 e. The maximum Gasteiger partial charge on any atom is 0.269 e. The topological polar surface area (TPSA) is 110 Å². The fourth-order valence-corrected chi connectivity index (χ4v) is 4.75. The minimum absolute atomic E-state index is 0.0287. The number of aryl methyl sites for hydroxylation is 1. The number of rotatable bonds is 6. The highest BCUT2D eigenvalue weighted by Crippen LogP contribution is 2.25. The summed E-state index contributed by atoms with van der Waals surface area (Å²) in [4.78, 5) is 22.7. The summed E-state index contributed by atoms with van der Waals surface area (Å²) >= 11 is 0. The van der Waals surface area contributed by atoms with Gasteiger partial charge in [-0.15, -0.1) is 0 Å². The molecule has 8 nitrogen and oxygen atoms in total. The zero-order chi connectivity index (χ0) is 21.7. The molecule has 0 unspecified atom stereocenters. The van der Waals surface area contributed by atoms with E-state index in [2.05, 4.69) is 5.32 Å². The Kier molecular flexibility index (Phi) is 6.63. The third-order valence-corrected chi connectivity index (χ3v) is 6.85. The Morgan fingerprint density at radius 3 is 2.40 bits per heavy atom. The highest BCUT2D eigenvalue weighted by Gasteiger charge is 2.26. The van der Waals surface area contributed by atoms with E-state index in [1.54, 1.807) is 31.2 Å². The molecular formula is C21H23N3O5S. The Labute approximate surface area is 175 Å². The molecule has 9 heteroatoms. The zero-order valence-corrected chi connectivity index (χ0v) is 17.4. The van der Waals surface area contributed by atoms with Crippen LogP contribution in [0.15, 0.2) is 53.4 Å². The summed E-state index contributed by atoms with van der Waals surface area (Å²) in [5, 5.41) is 13.4. The van der Waals surface area contributed by atoms with E-state index in [4.69, 9.17) is 0 Å². The molecule has 158 valence electrons. The van der Waals surface area contributed by atoms with Gasteiger partial charge in [-0.2, -0.15) is 4.31 Å². The number of amides is 1. The van der Waals surface area contributed by atoms with Crippen LogP contribution in [0.1, 0.15) is 30.4 Å². The van der Waals surface area contributed by atoms with Crippen LogP contribution in [0.2, 0.25) is 0 Å². The van der Waals surface area contributed by atoms with Crippen LogP contribution in [0, 0.1) is 17.0 Å². The second-order valence-electron chi connectivity index (χ2n) is 7.11. The Morgan fingerprint density at radius 2 is 1.77 bits per heavy atom. The molecule has 1 heterocycles. The Balaban J connectivity index is 1.73. The van der Waals surface area contributed by atoms with Crippen molar-refractivity contribution in [1.29, 1.82) is 0 Å². The van der Waals surface area contributed by atoms with Crippen LogP contribution in [0.25, 0.3) is 6.08 Å². The minimum Gasteiger partial charge on any atom is -0.322 e. The molecule has 30 heavy (non-hydrogen) atoms. The van der Waals surface area contributed by atoms with E-state index in [0.29, 0.717) is 24.3 Å². The molecule has 1 fully saturated rings. The normalized spacial score (nSPS) is 15.2. The van der Waals surface area contributed by atoms with Crippen LogP contribution in [0.5, 0.6) is 0 Å². The van der Waals surface area contributed by atoms with Gasteiger partial charge in [0.15, 0.2) is 0 Å². The summed E-state index contributed by atoms with van der Waals surface area (Å²) in [7, 11) is -3.59. The highest BCUT2D eigenvalue weighted by atomic mass is 32.2. The van der Waals surface area contributed by atoms with Crippen molar-refractivity contribution in [3.63, 3.8) is 0 Å². The number of nitro groups is 1. The van der Waals surface area contributed by atoms with E-state index in [1.165, 1.54) is 34.7 Å². The standard InChI is InChI=1S/C21H23N3O5S/c1-16-5-11-19(30(28,29)23-13-3-2-4-14-23)15-20(16)22-21(25)12-8-17-6-9-18(10-7-17)24(26)27/h5-12,15H,2-4,13-14H2,1H3,(H,22,25)/b12-8+. The van der Waals surface area contributed by atoms with E-state index in [1.807, 2.05) is 0 Å². The number of nitrogens with one attached hydrogen (secondary N) is 1. The van der Waals surface area contributed by atoms with Crippen LogP contribution < -0.4 is 5.32 Å². The molecule has 0 aliphatic carbocycles. The lowest BCUT2D eigenvalue weighted by Gasteiger charge is -2.26. The predicted molar refractivity (Wildman–Crippen MR) is 115 cm³/mol. The van der Waals surface area contributed by atoms with E-state index >= 15 is 0 Å². The van der Waals surface area contributed by atoms with E-state index in [9.17, 15) is 23.3 Å². The van der Waals surface area contributed by atoms with Gasteiger partial charge in [0.05, 0.1) is 9.82 Å². The second kappa shape index (κ2) is 9.19. The van der Waals surface area contributed by atoms with Crippen molar-refractivity contribution in [3.8, 4) is 0 Å². The first-order valence-corrected chi connectivity index (χ1v) is 11.1. The third-order valence-electron chi connectivity index (χ3n) is 4.95. The summed E-state index contributed by atoms with van der Waals surface area (Å²) in [6.45, 7) is 2.80. The van der Waals surface area contributed by atoms with Crippen LogP contribution in [0.3, 0.4) is 0 Å². The van der Waals surface area contributed by atoms with Crippen molar-refractivity contribution in [2.24, 2.45) is 0 Å². The van der Waals surface area contributed by atoms with Crippen molar-refractivity contribution in [1.82, 2.24) is 4.31 Å². The maximum atomic E-state index is 12.9. The maximum absolute atomic E-state index is 12.9. The fourth-order valence-electron chi connectivity index (χ4n) is 3.20.